The summed E-state index contributed by atoms with van der Waals surface area (Å²) in [6.45, 7) is 1.06. The zero-order valence-electron chi connectivity index (χ0n) is 14.5. The quantitative estimate of drug-likeness (QED) is 0.874. The zero-order chi connectivity index (χ0) is 18.1. The van der Waals surface area contributed by atoms with Crippen molar-refractivity contribution in [2.75, 3.05) is 13.1 Å². The van der Waals surface area contributed by atoms with Crippen molar-refractivity contribution in [1.82, 2.24) is 20.4 Å². The van der Waals surface area contributed by atoms with Crippen LogP contribution in [0.2, 0.25) is 0 Å². The summed E-state index contributed by atoms with van der Waals surface area (Å²) in [7, 11) is 0. The van der Waals surface area contributed by atoms with Gasteiger partial charge in [-0.1, -0.05) is 6.07 Å². The van der Waals surface area contributed by atoms with E-state index in [1.54, 1.807) is 6.20 Å². The van der Waals surface area contributed by atoms with Crippen molar-refractivity contribution in [3.63, 3.8) is 0 Å². The molecule has 5 nitrogen and oxygen atoms in total. The van der Waals surface area contributed by atoms with Gasteiger partial charge in [-0.3, -0.25) is 5.10 Å². The fourth-order valence-electron chi connectivity index (χ4n) is 3.92. The van der Waals surface area contributed by atoms with Gasteiger partial charge in [0.1, 0.15) is 11.6 Å². The van der Waals surface area contributed by atoms with Crippen molar-refractivity contribution in [2.24, 2.45) is 0 Å². The number of benzene rings is 1. The minimum Gasteiger partial charge on any atom is -0.337 e. The highest BCUT2D eigenvalue weighted by molar-refractivity contribution is 5.75. The maximum absolute atomic E-state index is 14.1. The first kappa shape index (κ1) is 17.0. The molecular formula is C19H22F2N4O. The first-order valence-electron chi connectivity index (χ1n) is 9.08. The lowest BCUT2D eigenvalue weighted by molar-refractivity contribution is 0.150. The molecule has 1 saturated carbocycles. The lowest BCUT2D eigenvalue weighted by Gasteiger charge is -2.35. The van der Waals surface area contributed by atoms with Gasteiger partial charge < -0.3 is 10.2 Å². The molecule has 1 aromatic carbocycles. The molecule has 2 N–H and O–H groups in total. The van der Waals surface area contributed by atoms with Crippen LogP contribution < -0.4 is 5.32 Å². The second-order valence-electron chi connectivity index (χ2n) is 7.30. The molecule has 7 heteroatoms. The molecule has 0 radical (unpaired) electrons. The third-order valence-electron chi connectivity index (χ3n) is 5.60. The van der Waals surface area contributed by atoms with Crippen molar-refractivity contribution in [3.05, 3.63) is 53.4 Å². The Bertz CT molecular complexity index is 789. The van der Waals surface area contributed by atoms with Gasteiger partial charge in [0.2, 0.25) is 0 Å². The molecule has 0 spiro atoms. The van der Waals surface area contributed by atoms with Crippen molar-refractivity contribution in [1.29, 1.82) is 0 Å². The summed E-state index contributed by atoms with van der Waals surface area (Å²) in [5, 5.41) is 9.77. The number of hydrogen-bond acceptors (Lipinski definition) is 2. The second kappa shape index (κ2) is 6.70. The molecule has 1 saturated heterocycles. The van der Waals surface area contributed by atoms with Crippen LogP contribution >= 0.6 is 0 Å². The normalized spacial score (nSPS) is 21.5. The van der Waals surface area contributed by atoms with Gasteiger partial charge in [-0.25, -0.2) is 13.6 Å². The minimum absolute atomic E-state index is 0.0141. The van der Waals surface area contributed by atoms with E-state index in [9.17, 15) is 13.6 Å². The molecule has 138 valence electrons. The van der Waals surface area contributed by atoms with E-state index in [0.717, 1.165) is 43.7 Å². The third-order valence-corrected chi connectivity index (χ3v) is 5.60. The van der Waals surface area contributed by atoms with Crippen LogP contribution in [0.15, 0.2) is 30.6 Å². The number of carbonyl (C=O) groups is 1. The third kappa shape index (κ3) is 3.18. The number of halogens is 2. The van der Waals surface area contributed by atoms with Crippen LogP contribution in [-0.2, 0) is 5.41 Å². The van der Waals surface area contributed by atoms with Crippen LogP contribution in [0.25, 0.3) is 0 Å². The van der Waals surface area contributed by atoms with E-state index in [1.807, 2.05) is 11.1 Å². The number of aromatic nitrogens is 2. The summed E-state index contributed by atoms with van der Waals surface area (Å²) in [6.07, 6.45) is 8.12. The Kier molecular flexibility index (Phi) is 4.38. The zero-order valence-corrected chi connectivity index (χ0v) is 14.5. The molecule has 0 bridgehead atoms. The number of H-pyrrole nitrogens is 1. The number of carbonyl (C=O) groups excluding carboxylic acids is 1. The monoisotopic (exact) mass is 360 g/mol. The molecule has 1 aromatic heterocycles. The number of rotatable bonds is 4. The van der Waals surface area contributed by atoms with E-state index in [4.69, 9.17) is 0 Å². The number of aromatic amines is 1. The molecule has 2 amide bonds. The van der Waals surface area contributed by atoms with Gasteiger partial charge >= 0.3 is 6.03 Å². The molecule has 26 heavy (non-hydrogen) atoms. The summed E-state index contributed by atoms with van der Waals surface area (Å²) in [5.41, 5.74) is 1.09. The molecular weight excluding hydrogens is 338 g/mol. The Morgan fingerprint density at radius 1 is 1.35 bits per heavy atom. The smallest absolute Gasteiger partial charge is 0.317 e. The number of piperidine rings is 1. The highest BCUT2D eigenvalue weighted by Crippen LogP contribution is 2.48. The lowest BCUT2D eigenvalue weighted by atomic mass is 9.95. The fourth-order valence-corrected chi connectivity index (χ4v) is 3.92. The SMILES string of the molecule is O=C(NCC1(c2ccc(F)cc2F)CC1)N1CCCCC1c1cn[nH]c1. The largest absolute Gasteiger partial charge is 0.337 e. The molecule has 4 rings (SSSR count). The van der Waals surface area contributed by atoms with Crippen LogP contribution in [0, 0.1) is 11.6 Å². The molecule has 2 aliphatic rings. The van der Waals surface area contributed by atoms with E-state index in [2.05, 4.69) is 15.5 Å². The van der Waals surface area contributed by atoms with Crippen LogP contribution in [0.4, 0.5) is 13.6 Å². The van der Waals surface area contributed by atoms with Crippen molar-refractivity contribution in [2.45, 2.75) is 43.6 Å². The highest BCUT2D eigenvalue weighted by Gasteiger charge is 2.46. The van der Waals surface area contributed by atoms with Crippen LogP contribution in [-0.4, -0.2) is 34.2 Å². The van der Waals surface area contributed by atoms with Gasteiger partial charge in [-0.2, -0.15) is 5.10 Å². The summed E-state index contributed by atoms with van der Waals surface area (Å²) in [6, 6.07) is 3.57. The van der Waals surface area contributed by atoms with Crippen molar-refractivity contribution in [3.8, 4) is 0 Å². The first-order valence-corrected chi connectivity index (χ1v) is 9.08. The Balaban J connectivity index is 1.44. The number of nitrogens with one attached hydrogen (secondary N) is 2. The average molecular weight is 360 g/mol. The highest BCUT2D eigenvalue weighted by atomic mass is 19.1. The molecule has 2 aromatic rings. The first-order chi connectivity index (χ1) is 12.6. The van der Waals surface area contributed by atoms with Gasteiger partial charge in [0.25, 0.3) is 0 Å². The Hall–Kier alpha value is -2.44. The summed E-state index contributed by atoms with van der Waals surface area (Å²) in [4.78, 5) is 14.6. The van der Waals surface area contributed by atoms with Crippen LogP contribution in [0.1, 0.15) is 49.3 Å². The predicted molar refractivity (Wildman–Crippen MR) is 92.6 cm³/mol. The van der Waals surface area contributed by atoms with E-state index >= 15 is 0 Å². The number of amides is 2. The predicted octanol–water partition coefficient (Wildman–Crippen LogP) is 3.66. The van der Waals surface area contributed by atoms with Crippen LogP contribution in [0.3, 0.4) is 0 Å². The molecule has 1 unspecified atom stereocenters. The minimum atomic E-state index is -0.581. The number of nitrogens with zero attached hydrogens (tertiary/aromatic N) is 2. The maximum Gasteiger partial charge on any atom is 0.317 e. The van der Waals surface area contributed by atoms with Gasteiger partial charge in [-0.05, 0) is 43.7 Å². The Morgan fingerprint density at radius 3 is 2.88 bits per heavy atom. The average Bonchev–Trinajstić information content (AvgIpc) is 3.22. The van der Waals surface area contributed by atoms with E-state index in [0.29, 0.717) is 18.7 Å². The van der Waals surface area contributed by atoms with Gasteiger partial charge in [0, 0.05) is 36.3 Å². The molecule has 1 atom stereocenters. The van der Waals surface area contributed by atoms with E-state index < -0.39 is 17.0 Å². The molecule has 2 fully saturated rings. The van der Waals surface area contributed by atoms with Crippen molar-refractivity contribution >= 4 is 6.03 Å². The maximum atomic E-state index is 14.1. The summed E-state index contributed by atoms with van der Waals surface area (Å²) >= 11 is 0. The molecule has 1 aliphatic carbocycles. The topological polar surface area (TPSA) is 61.0 Å². The summed E-state index contributed by atoms with van der Waals surface area (Å²) < 4.78 is 27.3. The van der Waals surface area contributed by atoms with Gasteiger partial charge in [0.05, 0.1) is 12.2 Å². The molecule has 2 heterocycles. The number of likely N-dealkylation sites (tertiary alicyclic amines) is 1. The molecule has 1 aliphatic heterocycles. The fraction of sp³-hybridized carbons (Fsp3) is 0.474. The number of hydrogen-bond donors (Lipinski definition) is 2. The van der Waals surface area contributed by atoms with Gasteiger partial charge in [-0.15, -0.1) is 0 Å². The van der Waals surface area contributed by atoms with Crippen LogP contribution in [0.5, 0.6) is 0 Å². The number of urea groups is 1. The van der Waals surface area contributed by atoms with E-state index in [1.165, 1.54) is 12.1 Å². The summed E-state index contributed by atoms with van der Waals surface area (Å²) in [5.74, 6) is -1.12. The van der Waals surface area contributed by atoms with E-state index in [-0.39, 0.29) is 12.1 Å². The lowest BCUT2D eigenvalue weighted by Crippen LogP contribution is -2.46. The Morgan fingerprint density at radius 2 is 2.19 bits per heavy atom. The standard InChI is InChI=1S/C19H22F2N4O/c20-14-4-5-15(16(21)9-14)19(6-7-19)12-22-18(26)25-8-2-1-3-17(25)13-10-23-24-11-13/h4-5,9-11,17H,1-3,6-8,12H2,(H,22,26)(H,23,24). The van der Waals surface area contributed by atoms with Crippen molar-refractivity contribution < 1.29 is 13.6 Å². The Labute approximate surface area is 150 Å². The van der Waals surface area contributed by atoms with Gasteiger partial charge in [0.15, 0.2) is 0 Å². The second-order valence-corrected chi connectivity index (χ2v) is 7.30.